The van der Waals surface area contributed by atoms with Gasteiger partial charge in [-0.1, -0.05) is 6.08 Å². The summed E-state index contributed by atoms with van der Waals surface area (Å²) in [7, 11) is 0. The first kappa shape index (κ1) is 15.9. The molecule has 0 N–H and O–H groups in total. The molecule has 0 aromatic carbocycles. The van der Waals surface area contributed by atoms with Crippen molar-refractivity contribution in [3.8, 4) is 0 Å². The van der Waals surface area contributed by atoms with Crippen molar-refractivity contribution in [2.45, 2.75) is 6.92 Å². The van der Waals surface area contributed by atoms with Gasteiger partial charge in [0.25, 0.3) is 0 Å². The molecule has 0 radical (unpaired) electrons. The summed E-state index contributed by atoms with van der Waals surface area (Å²) in [6.45, 7) is 5.25. The zero-order valence-electron chi connectivity index (χ0n) is 2.28. The van der Waals surface area contributed by atoms with Crippen LogP contribution in [0.5, 0.6) is 0 Å². The molecule has 0 nitrogen and oxygen atoms in total. The van der Waals surface area contributed by atoms with Crippen molar-refractivity contribution in [2.75, 3.05) is 0 Å². The molecular formula is C3H8Na2. The Labute approximate surface area is 77.6 Å². The fourth-order valence-corrected chi connectivity index (χ4v) is 0. The molecule has 0 aliphatic rings. The molecule has 0 aliphatic carbocycles. The van der Waals surface area contributed by atoms with Crippen LogP contribution in [-0.2, 0) is 0 Å². The Bertz CT molecular complexity index is 12.4. The summed E-state index contributed by atoms with van der Waals surface area (Å²) in [6, 6.07) is 0. The van der Waals surface area contributed by atoms with Crippen molar-refractivity contribution < 1.29 is 0 Å². The Hall–Kier alpha value is 1.74. The Balaban J connectivity index is -0.0000000200. The molecule has 2 heteroatoms. The van der Waals surface area contributed by atoms with Gasteiger partial charge in [-0.15, -0.1) is 6.58 Å². The predicted molar refractivity (Wildman–Crippen MR) is 30.2 cm³/mol. The Morgan fingerprint density at radius 3 is 1.40 bits per heavy atom. The van der Waals surface area contributed by atoms with Gasteiger partial charge in [0.15, 0.2) is 0 Å². The van der Waals surface area contributed by atoms with Gasteiger partial charge in [-0.2, -0.15) is 0 Å². The minimum absolute atomic E-state index is 0. The summed E-state index contributed by atoms with van der Waals surface area (Å²) >= 11 is 0. The minimum atomic E-state index is 0. The molecular weight excluding hydrogens is 82.0 g/mol. The van der Waals surface area contributed by atoms with Crippen LogP contribution in [0.2, 0.25) is 0 Å². The molecule has 0 atom stereocenters. The van der Waals surface area contributed by atoms with E-state index in [9.17, 15) is 0 Å². The van der Waals surface area contributed by atoms with E-state index in [2.05, 4.69) is 6.58 Å². The molecule has 0 aromatic heterocycles. The van der Waals surface area contributed by atoms with Crippen molar-refractivity contribution in [1.82, 2.24) is 0 Å². The molecule has 0 bridgehead atoms. The van der Waals surface area contributed by atoms with Gasteiger partial charge in [-0.05, 0) is 6.92 Å². The summed E-state index contributed by atoms with van der Waals surface area (Å²) in [6.07, 6.45) is 1.75. The van der Waals surface area contributed by atoms with Crippen molar-refractivity contribution in [3.05, 3.63) is 12.7 Å². The SMILES string of the molecule is C=CC.[NaH].[NaH]. The van der Waals surface area contributed by atoms with Gasteiger partial charge in [-0.25, -0.2) is 0 Å². The normalized spacial score (nSPS) is 2.60. The first-order valence-electron chi connectivity index (χ1n) is 0.986. The number of hydrogen-bond acceptors (Lipinski definition) is 0. The maximum atomic E-state index is 3.36. The van der Waals surface area contributed by atoms with E-state index in [1.165, 1.54) is 0 Å². The Morgan fingerprint density at radius 2 is 1.40 bits per heavy atom. The van der Waals surface area contributed by atoms with Crippen LogP contribution in [0.1, 0.15) is 6.92 Å². The second-order valence-corrected chi connectivity index (χ2v) is 0.408. The monoisotopic (exact) mass is 90.0 g/mol. The first-order chi connectivity index (χ1) is 1.41. The van der Waals surface area contributed by atoms with Crippen LogP contribution in [0.25, 0.3) is 0 Å². The summed E-state index contributed by atoms with van der Waals surface area (Å²) in [5.41, 5.74) is 0. The molecule has 0 rings (SSSR count). The number of rotatable bonds is 0. The third-order valence-electron chi connectivity index (χ3n) is 0. The van der Waals surface area contributed by atoms with E-state index in [0.29, 0.717) is 0 Å². The maximum absolute atomic E-state index is 3.36. The Kier molecular flexibility index (Phi) is 54.5. The molecule has 0 spiro atoms. The molecule has 0 saturated carbocycles. The second-order valence-electron chi connectivity index (χ2n) is 0.408. The van der Waals surface area contributed by atoms with E-state index in [1.807, 2.05) is 6.92 Å². The molecule has 0 aliphatic heterocycles. The van der Waals surface area contributed by atoms with Crippen molar-refractivity contribution in [3.63, 3.8) is 0 Å². The first-order valence-corrected chi connectivity index (χ1v) is 0.986. The zero-order valence-corrected chi connectivity index (χ0v) is 2.28. The Morgan fingerprint density at radius 1 is 1.40 bits per heavy atom. The third kappa shape index (κ3) is 26.5. The van der Waals surface area contributed by atoms with Gasteiger partial charge in [0.05, 0.1) is 0 Å². The molecule has 0 unspecified atom stereocenters. The average Bonchev–Trinajstić information content (AvgIpc) is 0.918. The van der Waals surface area contributed by atoms with Gasteiger partial charge in [0.1, 0.15) is 0 Å². The van der Waals surface area contributed by atoms with Crippen molar-refractivity contribution in [2.24, 2.45) is 0 Å². The van der Waals surface area contributed by atoms with Crippen molar-refractivity contribution >= 4 is 59.1 Å². The van der Waals surface area contributed by atoms with E-state index >= 15 is 0 Å². The molecule has 0 saturated heterocycles. The summed E-state index contributed by atoms with van der Waals surface area (Å²) in [4.78, 5) is 0. The van der Waals surface area contributed by atoms with Crippen LogP contribution in [0, 0.1) is 0 Å². The van der Waals surface area contributed by atoms with E-state index in [4.69, 9.17) is 0 Å². The predicted octanol–water partition coefficient (Wildman–Crippen LogP) is -0.105. The van der Waals surface area contributed by atoms with Crippen molar-refractivity contribution in [1.29, 1.82) is 0 Å². The number of allylic oxidation sites excluding steroid dienone is 1. The average molecular weight is 90.1 g/mol. The van der Waals surface area contributed by atoms with E-state index in [-0.39, 0.29) is 59.1 Å². The van der Waals surface area contributed by atoms with Gasteiger partial charge in [0.2, 0.25) is 0 Å². The molecule has 22 valence electrons. The van der Waals surface area contributed by atoms with Crippen LogP contribution in [0.4, 0.5) is 0 Å². The van der Waals surface area contributed by atoms with Gasteiger partial charge in [-0.3, -0.25) is 0 Å². The fourth-order valence-electron chi connectivity index (χ4n) is 0. The van der Waals surface area contributed by atoms with E-state index in [0.717, 1.165) is 0 Å². The van der Waals surface area contributed by atoms with Crippen LogP contribution in [-0.4, -0.2) is 59.1 Å². The molecule has 0 fully saturated rings. The van der Waals surface area contributed by atoms with Gasteiger partial charge < -0.3 is 0 Å². The standard InChI is InChI=1S/C3H6.2Na.2H/c1-3-2;;;;/h3H,1H2,2H3;;;;. The van der Waals surface area contributed by atoms with Crippen LogP contribution < -0.4 is 0 Å². The van der Waals surface area contributed by atoms with Crippen LogP contribution in [0.15, 0.2) is 12.7 Å². The number of hydrogen-bond donors (Lipinski definition) is 0. The quantitative estimate of drug-likeness (QED) is 0.288. The molecule has 0 aromatic rings. The zero-order chi connectivity index (χ0) is 2.71. The molecule has 5 heavy (non-hydrogen) atoms. The topological polar surface area (TPSA) is 0 Å². The summed E-state index contributed by atoms with van der Waals surface area (Å²) in [5, 5.41) is 0. The summed E-state index contributed by atoms with van der Waals surface area (Å²) in [5.74, 6) is 0. The fraction of sp³-hybridized carbons (Fsp3) is 0.333. The van der Waals surface area contributed by atoms with Gasteiger partial charge >= 0.3 is 59.1 Å². The molecule has 0 heterocycles. The molecule has 0 amide bonds. The van der Waals surface area contributed by atoms with E-state index < -0.39 is 0 Å². The van der Waals surface area contributed by atoms with E-state index in [1.54, 1.807) is 6.08 Å². The third-order valence-corrected chi connectivity index (χ3v) is 0. The van der Waals surface area contributed by atoms with Crippen LogP contribution >= 0.6 is 0 Å². The van der Waals surface area contributed by atoms with Crippen LogP contribution in [0.3, 0.4) is 0 Å². The summed E-state index contributed by atoms with van der Waals surface area (Å²) < 4.78 is 0. The second kappa shape index (κ2) is 17.2. The van der Waals surface area contributed by atoms with Gasteiger partial charge in [0, 0.05) is 0 Å².